The summed E-state index contributed by atoms with van der Waals surface area (Å²) in [7, 11) is 0. The van der Waals surface area contributed by atoms with Gasteiger partial charge in [0.05, 0.1) is 19.2 Å². The molecule has 1 rings (SSSR count). The van der Waals surface area contributed by atoms with Gasteiger partial charge in [0.2, 0.25) is 0 Å². The topological polar surface area (TPSA) is 49.8 Å². The van der Waals surface area contributed by atoms with Crippen LogP contribution in [0.15, 0.2) is 11.7 Å². The molecular formula is C11H17F2NO3. The molecule has 1 aliphatic rings. The maximum atomic E-state index is 12.4. The Hall–Kier alpha value is -1.17. The minimum atomic E-state index is -1.78. The molecule has 0 bridgehead atoms. The zero-order valence-electron chi connectivity index (χ0n) is 10.2. The number of rotatable bonds is 1. The molecule has 1 fully saturated rings. The second-order valence-corrected chi connectivity index (χ2v) is 5.01. The van der Waals surface area contributed by atoms with Crippen LogP contribution in [-0.4, -0.2) is 40.9 Å². The monoisotopic (exact) mass is 249 g/mol. The number of nitrogens with zero attached hydrogens (tertiary/aromatic N) is 1. The number of halogens is 2. The van der Waals surface area contributed by atoms with Crippen LogP contribution < -0.4 is 0 Å². The van der Waals surface area contributed by atoms with E-state index in [-0.39, 0.29) is 25.1 Å². The van der Waals surface area contributed by atoms with Gasteiger partial charge in [-0.05, 0) is 27.2 Å². The fraction of sp³-hybridized carbons (Fsp3) is 0.727. The first kappa shape index (κ1) is 13.9. The van der Waals surface area contributed by atoms with Gasteiger partial charge in [0.25, 0.3) is 6.08 Å². The summed E-state index contributed by atoms with van der Waals surface area (Å²) in [5, 5.41) is 9.07. The van der Waals surface area contributed by atoms with Gasteiger partial charge in [0.1, 0.15) is 5.60 Å². The smallest absolute Gasteiger partial charge is 0.410 e. The van der Waals surface area contributed by atoms with Crippen LogP contribution >= 0.6 is 0 Å². The first-order valence-corrected chi connectivity index (χ1v) is 5.38. The number of amides is 1. The zero-order valence-corrected chi connectivity index (χ0v) is 10.2. The van der Waals surface area contributed by atoms with E-state index in [1.54, 1.807) is 20.8 Å². The van der Waals surface area contributed by atoms with E-state index in [0.717, 1.165) is 4.90 Å². The molecule has 1 amide bonds. The molecule has 4 nitrogen and oxygen atoms in total. The fourth-order valence-electron chi connectivity index (χ4n) is 1.63. The quantitative estimate of drug-likeness (QED) is 0.774. The van der Waals surface area contributed by atoms with Gasteiger partial charge in [-0.15, -0.1) is 0 Å². The standard InChI is InChI=1S/C11H17F2NO3/c1-11(2,3)17-10(16)14-5-7(9(12)13)4-8(14)6-15/h8,15H,4-6H2,1-3H3/t8-/m1/s1. The molecule has 1 atom stereocenters. The summed E-state index contributed by atoms with van der Waals surface area (Å²) in [6, 6.07) is -0.624. The Kier molecular flexibility index (Phi) is 4.08. The predicted octanol–water partition coefficient (Wildman–Crippen LogP) is 2.14. The molecule has 0 aromatic heterocycles. The maximum Gasteiger partial charge on any atom is 0.410 e. The molecule has 1 saturated heterocycles. The van der Waals surface area contributed by atoms with Gasteiger partial charge in [-0.2, -0.15) is 8.78 Å². The van der Waals surface area contributed by atoms with Gasteiger partial charge in [0, 0.05) is 5.57 Å². The second kappa shape index (κ2) is 5.00. The van der Waals surface area contributed by atoms with Crippen molar-refractivity contribution in [3.63, 3.8) is 0 Å². The minimum absolute atomic E-state index is 0.00191. The molecule has 17 heavy (non-hydrogen) atoms. The second-order valence-electron chi connectivity index (χ2n) is 5.01. The first-order chi connectivity index (χ1) is 7.74. The summed E-state index contributed by atoms with van der Waals surface area (Å²) in [6.45, 7) is 4.56. The lowest BCUT2D eigenvalue weighted by Crippen LogP contribution is -2.41. The summed E-state index contributed by atoms with van der Waals surface area (Å²) < 4.78 is 30.0. The summed E-state index contributed by atoms with van der Waals surface area (Å²) in [5.74, 6) is 0. The van der Waals surface area contributed by atoms with Crippen molar-refractivity contribution in [2.45, 2.75) is 38.8 Å². The van der Waals surface area contributed by atoms with Crippen LogP contribution in [0.25, 0.3) is 0 Å². The van der Waals surface area contributed by atoms with Crippen LogP contribution in [0.2, 0.25) is 0 Å². The van der Waals surface area contributed by atoms with Crippen molar-refractivity contribution in [2.75, 3.05) is 13.2 Å². The molecule has 0 aliphatic carbocycles. The minimum Gasteiger partial charge on any atom is -0.444 e. The summed E-state index contributed by atoms with van der Waals surface area (Å²) in [5.41, 5.74) is -0.799. The first-order valence-electron chi connectivity index (χ1n) is 5.38. The molecule has 1 heterocycles. The number of carbonyl (C=O) groups excluding carboxylic acids is 1. The molecule has 0 aromatic carbocycles. The Morgan fingerprint density at radius 1 is 1.53 bits per heavy atom. The Balaban J connectivity index is 2.76. The molecule has 0 unspecified atom stereocenters. The number of aliphatic hydroxyl groups is 1. The van der Waals surface area contributed by atoms with Crippen molar-refractivity contribution in [1.29, 1.82) is 0 Å². The number of hydrogen-bond donors (Lipinski definition) is 1. The Labute approximate surface area is 98.9 Å². The van der Waals surface area contributed by atoms with Crippen LogP contribution in [0.5, 0.6) is 0 Å². The molecule has 0 saturated carbocycles. The highest BCUT2D eigenvalue weighted by molar-refractivity contribution is 5.69. The summed E-state index contributed by atoms with van der Waals surface area (Å²) in [6.07, 6.45) is -2.46. The third-order valence-electron chi connectivity index (χ3n) is 2.39. The summed E-state index contributed by atoms with van der Waals surface area (Å²) >= 11 is 0. The van der Waals surface area contributed by atoms with Crippen LogP contribution in [0, 0.1) is 0 Å². The van der Waals surface area contributed by atoms with E-state index < -0.39 is 23.8 Å². The maximum absolute atomic E-state index is 12.4. The van der Waals surface area contributed by atoms with E-state index in [1.807, 2.05) is 0 Å². The largest absolute Gasteiger partial charge is 0.444 e. The van der Waals surface area contributed by atoms with E-state index in [2.05, 4.69) is 0 Å². The van der Waals surface area contributed by atoms with Crippen LogP contribution in [0.4, 0.5) is 13.6 Å². The van der Waals surface area contributed by atoms with Crippen molar-refractivity contribution >= 4 is 6.09 Å². The molecular weight excluding hydrogens is 232 g/mol. The normalized spacial score (nSPS) is 20.7. The lowest BCUT2D eigenvalue weighted by Gasteiger charge is -2.27. The Bertz CT molecular complexity index is 332. The number of ether oxygens (including phenoxy) is 1. The van der Waals surface area contributed by atoms with Gasteiger partial charge < -0.3 is 9.84 Å². The highest BCUT2D eigenvalue weighted by Crippen LogP contribution is 2.27. The van der Waals surface area contributed by atoms with Crippen molar-refractivity contribution < 1.29 is 23.4 Å². The van der Waals surface area contributed by atoms with E-state index in [1.165, 1.54) is 0 Å². The number of carbonyl (C=O) groups is 1. The number of aliphatic hydroxyl groups excluding tert-OH is 1. The van der Waals surface area contributed by atoms with Crippen LogP contribution in [0.1, 0.15) is 27.2 Å². The highest BCUT2D eigenvalue weighted by Gasteiger charge is 2.35. The van der Waals surface area contributed by atoms with E-state index in [9.17, 15) is 13.6 Å². The van der Waals surface area contributed by atoms with Crippen molar-refractivity contribution in [2.24, 2.45) is 0 Å². The lowest BCUT2D eigenvalue weighted by atomic mass is 10.2. The number of likely N-dealkylation sites (tertiary alicyclic amines) is 1. The molecule has 0 spiro atoms. The van der Waals surface area contributed by atoms with Crippen LogP contribution in [-0.2, 0) is 4.74 Å². The number of hydrogen-bond acceptors (Lipinski definition) is 3. The Morgan fingerprint density at radius 3 is 2.53 bits per heavy atom. The molecule has 1 N–H and O–H groups in total. The highest BCUT2D eigenvalue weighted by atomic mass is 19.3. The van der Waals surface area contributed by atoms with E-state index >= 15 is 0 Å². The van der Waals surface area contributed by atoms with Crippen molar-refractivity contribution in [3.8, 4) is 0 Å². The van der Waals surface area contributed by atoms with Gasteiger partial charge in [-0.25, -0.2) is 4.79 Å². The van der Waals surface area contributed by atoms with Gasteiger partial charge in [-0.1, -0.05) is 0 Å². The zero-order chi connectivity index (χ0) is 13.2. The van der Waals surface area contributed by atoms with E-state index in [4.69, 9.17) is 9.84 Å². The predicted molar refractivity (Wildman–Crippen MR) is 57.7 cm³/mol. The van der Waals surface area contributed by atoms with E-state index in [0.29, 0.717) is 0 Å². The van der Waals surface area contributed by atoms with Crippen LogP contribution in [0.3, 0.4) is 0 Å². The third kappa shape index (κ3) is 3.66. The molecule has 1 aliphatic heterocycles. The third-order valence-corrected chi connectivity index (χ3v) is 2.39. The molecule has 0 radical (unpaired) electrons. The fourth-order valence-corrected chi connectivity index (χ4v) is 1.63. The van der Waals surface area contributed by atoms with Gasteiger partial charge in [0.15, 0.2) is 0 Å². The Morgan fingerprint density at radius 2 is 2.12 bits per heavy atom. The molecule has 98 valence electrons. The van der Waals surface area contributed by atoms with Gasteiger partial charge in [-0.3, -0.25) is 4.90 Å². The SMILES string of the molecule is CC(C)(C)OC(=O)N1CC(=C(F)F)C[C@@H]1CO. The summed E-state index contributed by atoms with van der Waals surface area (Å²) in [4.78, 5) is 12.9. The van der Waals surface area contributed by atoms with Crippen molar-refractivity contribution in [1.82, 2.24) is 4.90 Å². The lowest BCUT2D eigenvalue weighted by molar-refractivity contribution is 0.0178. The van der Waals surface area contributed by atoms with Gasteiger partial charge >= 0.3 is 6.09 Å². The molecule has 0 aromatic rings. The van der Waals surface area contributed by atoms with Crippen molar-refractivity contribution in [3.05, 3.63) is 11.7 Å². The molecule has 6 heteroatoms. The average molecular weight is 249 g/mol. The average Bonchev–Trinajstić information content (AvgIpc) is 2.58.